The van der Waals surface area contributed by atoms with Gasteiger partial charge >= 0.3 is 0 Å². The molecule has 2 amide bonds. The molecule has 5 nitrogen and oxygen atoms in total. The molecule has 0 radical (unpaired) electrons. The number of carbonyl (C=O) groups excluding carboxylic acids is 2. The molecule has 2 aromatic carbocycles. The van der Waals surface area contributed by atoms with Gasteiger partial charge in [-0.2, -0.15) is 0 Å². The Labute approximate surface area is 229 Å². The summed E-state index contributed by atoms with van der Waals surface area (Å²) in [5, 5.41) is 1.19. The van der Waals surface area contributed by atoms with E-state index < -0.39 is 0 Å². The van der Waals surface area contributed by atoms with Crippen LogP contribution in [0.1, 0.15) is 71.1 Å². The highest BCUT2D eigenvalue weighted by Gasteiger charge is 2.25. The number of hydrogen-bond donors (Lipinski definition) is 1. The van der Waals surface area contributed by atoms with Gasteiger partial charge in [0.1, 0.15) is 0 Å². The first-order chi connectivity index (χ1) is 17.9. The van der Waals surface area contributed by atoms with Gasteiger partial charge in [-0.15, -0.1) is 0 Å². The molecule has 0 aliphatic heterocycles. The average Bonchev–Trinajstić information content (AvgIpc) is 3.24. The first-order valence-corrected chi connectivity index (χ1v) is 14.1. The molecule has 3 rings (SSSR count). The third-order valence-electron chi connectivity index (χ3n) is 6.92. The van der Waals surface area contributed by atoms with E-state index in [4.69, 9.17) is 0 Å². The molecular formula is C33H47N3O2. The van der Waals surface area contributed by atoms with Crippen LogP contribution in [0.5, 0.6) is 0 Å². The van der Waals surface area contributed by atoms with Crippen LogP contribution in [0.2, 0.25) is 0 Å². The largest absolute Gasteiger partial charge is 0.361 e. The first-order valence-electron chi connectivity index (χ1n) is 14.1. The third-order valence-corrected chi connectivity index (χ3v) is 6.92. The van der Waals surface area contributed by atoms with E-state index in [1.807, 2.05) is 23.2 Å². The highest BCUT2D eigenvalue weighted by molar-refractivity contribution is 5.85. The topological polar surface area (TPSA) is 56.4 Å². The molecule has 0 saturated carbocycles. The van der Waals surface area contributed by atoms with Gasteiger partial charge in [-0.05, 0) is 54.2 Å². The van der Waals surface area contributed by atoms with Crippen LogP contribution in [-0.2, 0) is 22.6 Å². The molecule has 206 valence electrons. The summed E-state index contributed by atoms with van der Waals surface area (Å²) in [5.74, 6) is 0.651. The minimum Gasteiger partial charge on any atom is -0.361 e. The number of nitrogens with zero attached hydrogens (tertiary/aromatic N) is 2. The van der Waals surface area contributed by atoms with Crippen molar-refractivity contribution in [2.75, 3.05) is 19.6 Å². The van der Waals surface area contributed by atoms with Crippen molar-refractivity contribution in [1.29, 1.82) is 0 Å². The van der Waals surface area contributed by atoms with Crippen LogP contribution in [0, 0.1) is 24.2 Å². The molecule has 1 atom stereocenters. The van der Waals surface area contributed by atoms with Crippen molar-refractivity contribution in [3.8, 4) is 0 Å². The van der Waals surface area contributed by atoms with Crippen LogP contribution in [0.3, 0.4) is 0 Å². The molecule has 1 unspecified atom stereocenters. The van der Waals surface area contributed by atoms with E-state index in [0.29, 0.717) is 32.0 Å². The van der Waals surface area contributed by atoms with E-state index in [2.05, 4.69) is 89.8 Å². The summed E-state index contributed by atoms with van der Waals surface area (Å²) < 4.78 is 0. The average molecular weight is 518 g/mol. The van der Waals surface area contributed by atoms with Gasteiger partial charge in [0.25, 0.3) is 0 Å². The molecule has 0 saturated heterocycles. The zero-order chi connectivity index (χ0) is 27.9. The lowest BCUT2D eigenvalue weighted by atomic mass is 9.84. The standard InChI is InChI=1S/C33H47N3O2/c1-24(2)21-36(31(37)18-26(4)19-33(5,6)7)23-32(38)35(22-27-14-12-25(3)13-15-27)17-16-28-20-34-30-11-9-8-10-29(28)30/h8-15,20,24,26,34H,16-19,21-23H2,1-7H3. The molecule has 0 bridgehead atoms. The second kappa shape index (κ2) is 13.1. The Bertz CT molecular complexity index is 1190. The molecule has 0 fully saturated rings. The van der Waals surface area contributed by atoms with E-state index in [0.717, 1.165) is 23.9 Å². The fraction of sp³-hybridized carbons (Fsp3) is 0.515. The zero-order valence-electron chi connectivity index (χ0n) is 24.5. The number of aromatic nitrogens is 1. The van der Waals surface area contributed by atoms with Crippen LogP contribution < -0.4 is 0 Å². The number of para-hydroxylation sites is 1. The van der Waals surface area contributed by atoms with Crippen molar-refractivity contribution in [3.63, 3.8) is 0 Å². The summed E-state index contributed by atoms with van der Waals surface area (Å²) in [4.78, 5) is 34.2. The van der Waals surface area contributed by atoms with Crippen LogP contribution in [0.25, 0.3) is 10.9 Å². The summed E-state index contributed by atoms with van der Waals surface area (Å²) in [5.41, 5.74) is 4.78. The minimum atomic E-state index is 0.00268. The lowest BCUT2D eigenvalue weighted by Crippen LogP contribution is -2.45. The van der Waals surface area contributed by atoms with Gasteiger partial charge in [0.2, 0.25) is 11.8 Å². The van der Waals surface area contributed by atoms with Gasteiger partial charge in [-0.1, -0.05) is 89.6 Å². The zero-order valence-corrected chi connectivity index (χ0v) is 24.5. The van der Waals surface area contributed by atoms with Crippen molar-refractivity contribution < 1.29 is 9.59 Å². The molecule has 3 aromatic rings. The van der Waals surface area contributed by atoms with Crippen LogP contribution in [0.4, 0.5) is 0 Å². The third kappa shape index (κ3) is 9.04. The molecule has 38 heavy (non-hydrogen) atoms. The highest BCUT2D eigenvalue weighted by Crippen LogP contribution is 2.26. The van der Waals surface area contributed by atoms with E-state index in [9.17, 15) is 9.59 Å². The molecule has 1 heterocycles. The number of nitrogens with one attached hydrogen (secondary N) is 1. The Morgan fingerprint density at radius 2 is 1.61 bits per heavy atom. The number of amides is 2. The number of H-pyrrole nitrogens is 1. The van der Waals surface area contributed by atoms with E-state index in [1.165, 1.54) is 16.5 Å². The summed E-state index contributed by atoms with van der Waals surface area (Å²) in [6, 6.07) is 16.6. The van der Waals surface area contributed by atoms with Crippen LogP contribution in [0.15, 0.2) is 54.7 Å². The fourth-order valence-electron chi connectivity index (χ4n) is 5.30. The number of aromatic amines is 1. The number of carbonyl (C=O) groups is 2. The Balaban J connectivity index is 1.76. The molecule has 5 heteroatoms. The van der Waals surface area contributed by atoms with E-state index in [-0.39, 0.29) is 29.7 Å². The van der Waals surface area contributed by atoms with Gasteiger partial charge in [-0.25, -0.2) is 0 Å². The smallest absolute Gasteiger partial charge is 0.242 e. The lowest BCUT2D eigenvalue weighted by molar-refractivity contribution is -0.141. The van der Waals surface area contributed by atoms with Crippen molar-refractivity contribution in [2.45, 2.75) is 74.3 Å². The molecule has 1 N–H and O–H groups in total. The Hall–Kier alpha value is -3.08. The number of aryl methyl sites for hydroxylation is 1. The second-order valence-corrected chi connectivity index (χ2v) is 12.7. The molecule has 0 aliphatic carbocycles. The maximum absolute atomic E-state index is 13.8. The van der Waals surface area contributed by atoms with Crippen molar-refractivity contribution in [1.82, 2.24) is 14.8 Å². The Kier molecular flexibility index (Phi) is 10.2. The summed E-state index contributed by atoms with van der Waals surface area (Å²) in [6.07, 6.45) is 4.25. The van der Waals surface area contributed by atoms with Gasteiger partial charge in [-0.3, -0.25) is 9.59 Å². The first kappa shape index (κ1) is 29.5. The Morgan fingerprint density at radius 1 is 0.921 bits per heavy atom. The SMILES string of the molecule is Cc1ccc(CN(CCc2c[nH]c3ccccc23)C(=O)CN(CC(C)C)C(=O)CC(C)CC(C)(C)C)cc1. The number of hydrogen-bond acceptors (Lipinski definition) is 2. The molecular weight excluding hydrogens is 470 g/mol. The van der Waals surface area contributed by atoms with Crippen LogP contribution in [-0.4, -0.2) is 46.2 Å². The predicted octanol–water partition coefficient (Wildman–Crippen LogP) is 6.99. The number of benzene rings is 2. The number of rotatable bonds is 12. The summed E-state index contributed by atoms with van der Waals surface area (Å²) >= 11 is 0. The minimum absolute atomic E-state index is 0.00268. The monoisotopic (exact) mass is 517 g/mol. The van der Waals surface area contributed by atoms with Gasteiger partial charge in [0.05, 0.1) is 6.54 Å². The van der Waals surface area contributed by atoms with Crippen LogP contribution >= 0.6 is 0 Å². The van der Waals surface area contributed by atoms with Gasteiger partial charge < -0.3 is 14.8 Å². The molecule has 0 aliphatic rings. The molecule has 1 aromatic heterocycles. The van der Waals surface area contributed by atoms with Crippen molar-refractivity contribution >= 4 is 22.7 Å². The number of fused-ring (bicyclic) bond motifs is 1. The quantitative estimate of drug-likeness (QED) is 0.281. The maximum Gasteiger partial charge on any atom is 0.242 e. The van der Waals surface area contributed by atoms with Gasteiger partial charge in [0.15, 0.2) is 0 Å². The Morgan fingerprint density at radius 3 is 2.26 bits per heavy atom. The fourth-order valence-corrected chi connectivity index (χ4v) is 5.30. The molecule has 0 spiro atoms. The lowest BCUT2D eigenvalue weighted by Gasteiger charge is -2.30. The summed E-state index contributed by atoms with van der Waals surface area (Å²) in [7, 11) is 0. The highest BCUT2D eigenvalue weighted by atomic mass is 16.2. The maximum atomic E-state index is 13.8. The van der Waals surface area contributed by atoms with Crippen molar-refractivity contribution in [3.05, 3.63) is 71.4 Å². The summed E-state index contributed by atoms with van der Waals surface area (Å²) in [6.45, 7) is 16.9. The van der Waals surface area contributed by atoms with Gasteiger partial charge in [0, 0.05) is 43.2 Å². The normalized spacial score (nSPS) is 12.6. The van der Waals surface area contributed by atoms with E-state index >= 15 is 0 Å². The predicted molar refractivity (Wildman–Crippen MR) is 158 cm³/mol. The van der Waals surface area contributed by atoms with E-state index in [1.54, 1.807) is 4.90 Å². The second-order valence-electron chi connectivity index (χ2n) is 12.7. The van der Waals surface area contributed by atoms with Crippen molar-refractivity contribution in [2.24, 2.45) is 17.3 Å².